The molecular formula is C11H16N2O2. The minimum absolute atomic E-state index is 0.0783. The third kappa shape index (κ3) is 4.46. The fraction of sp³-hybridized carbons (Fsp3) is 0.364. The van der Waals surface area contributed by atoms with Gasteiger partial charge in [-0.3, -0.25) is 9.69 Å². The Morgan fingerprint density at radius 2 is 2.00 bits per heavy atom. The van der Waals surface area contributed by atoms with E-state index in [0.29, 0.717) is 0 Å². The van der Waals surface area contributed by atoms with Gasteiger partial charge in [0.05, 0.1) is 6.54 Å². The van der Waals surface area contributed by atoms with Crippen LogP contribution >= 0.6 is 0 Å². The van der Waals surface area contributed by atoms with E-state index in [1.165, 1.54) is 5.56 Å². The third-order valence-corrected chi connectivity index (χ3v) is 2.17. The Labute approximate surface area is 89.3 Å². The van der Waals surface area contributed by atoms with Crippen LogP contribution in [0, 0.1) is 0 Å². The smallest absolute Gasteiger partial charge is 0.317 e. The van der Waals surface area contributed by atoms with Gasteiger partial charge in [0.1, 0.15) is 0 Å². The fourth-order valence-corrected chi connectivity index (χ4v) is 1.31. The normalized spacial score (nSPS) is 10.5. The van der Waals surface area contributed by atoms with Crippen molar-refractivity contribution in [2.75, 3.05) is 25.9 Å². The number of carboxylic acids is 1. The summed E-state index contributed by atoms with van der Waals surface area (Å²) in [5, 5.41) is 8.56. The fourth-order valence-electron chi connectivity index (χ4n) is 1.31. The molecule has 4 nitrogen and oxygen atoms in total. The summed E-state index contributed by atoms with van der Waals surface area (Å²) in [6.45, 7) is 0.811. The number of likely N-dealkylation sites (N-methyl/N-ethyl adjacent to an activating group) is 1. The number of rotatable bonds is 5. The number of hydrogen-bond donors (Lipinski definition) is 2. The number of anilines is 1. The van der Waals surface area contributed by atoms with Crippen molar-refractivity contribution in [1.82, 2.24) is 4.90 Å². The van der Waals surface area contributed by atoms with E-state index in [4.69, 9.17) is 10.8 Å². The van der Waals surface area contributed by atoms with Crippen LogP contribution in [0.2, 0.25) is 0 Å². The second-order valence-corrected chi connectivity index (χ2v) is 3.62. The van der Waals surface area contributed by atoms with Crippen molar-refractivity contribution >= 4 is 11.7 Å². The van der Waals surface area contributed by atoms with Crippen molar-refractivity contribution in [2.24, 2.45) is 0 Å². The molecule has 0 unspecified atom stereocenters. The Morgan fingerprint density at radius 3 is 2.53 bits per heavy atom. The largest absolute Gasteiger partial charge is 0.480 e. The Kier molecular flexibility index (Phi) is 4.12. The molecule has 0 saturated carbocycles. The molecule has 0 saturated heterocycles. The molecule has 0 amide bonds. The lowest BCUT2D eigenvalue weighted by Gasteiger charge is -2.13. The maximum atomic E-state index is 10.4. The first-order valence-corrected chi connectivity index (χ1v) is 4.82. The zero-order chi connectivity index (χ0) is 11.3. The number of aliphatic carboxylic acids is 1. The molecular weight excluding hydrogens is 192 g/mol. The van der Waals surface area contributed by atoms with Gasteiger partial charge in [-0.25, -0.2) is 0 Å². The summed E-state index contributed by atoms with van der Waals surface area (Å²) in [7, 11) is 1.80. The summed E-state index contributed by atoms with van der Waals surface area (Å²) >= 11 is 0. The molecule has 0 bridgehead atoms. The predicted octanol–water partition coefficient (Wildman–Crippen LogP) is 0.828. The summed E-state index contributed by atoms with van der Waals surface area (Å²) in [5.41, 5.74) is 7.48. The zero-order valence-corrected chi connectivity index (χ0v) is 8.81. The summed E-state index contributed by atoms with van der Waals surface area (Å²) in [4.78, 5) is 12.2. The molecule has 0 spiro atoms. The van der Waals surface area contributed by atoms with E-state index >= 15 is 0 Å². The highest BCUT2D eigenvalue weighted by Crippen LogP contribution is 2.06. The van der Waals surface area contributed by atoms with Gasteiger partial charge >= 0.3 is 5.97 Å². The van der Waals surface area contributed by atoms with E-state index in [1.807, 2.05) is 24.3 Å². The lowest BCUT2D eigenvalue weighted by Crippen LogP contribution is -2.27. The van der Waals surface area contributed by atoms with Crippen LogP contribution in [-0.4, -0.2) is 36.1 Å². The first-order valence-electron chi connectivity index (χ1n) is 4.82. The van der Waals surface area contributed by atoms with Gasteiger partial charge in [0.25, 0.3) is 0 Å². The van der Waals surface area contributed by atoms with E-state index in [0.717, 1.165) is 18.7 Å². The molecule has 0 aromatic heterocycles. The quantitative estimate of drug-likeness (QED) is 0.703. The molecule has 1 aromatic carbocycles. The van der Waals surface area contributed by atoms with Crippen LogP contribution < -0.4 is 5.73 Å². The standard InChI is InChI=1S/C11H16N2O2/c1-13(8-11(14)15)7-6-9-2-4-10(12)5-3-9/h2-5H,6-8,12H2,1H3,(H,14,15). The van der Waals surface area contributed by atoms with Crippen molar-refractivity contribution in [3.63, 3.8) is 0 Å². The van der Waals surface area contributed by atoms with Gasteiger partial charge in [-0.15, -0.1) is 0 Å². The van der Waals surface area contributed by atoms with E-state index in [9.17, 15) is 4.79 Å². The zero-order valence-electron chi connectivity index (χ0n) is 8.81. The number of carboxylic acid groups (broad SMARTS) is 1. The number of benzene rings is 1. The minimum Gasteiger partial charge on any atom is -0.480 e. The maximum Gasteiger partial charge on any atom is 0.317 e. The van der Waals surface area contributed by atoms with Crippen LogP contribution in [0.4, 0.5) is 5.69 Å². The summed E-state index contributed by atoms with van der Waals surface area (Å²) in [5.74, 6) is -0.796. The van der Waals surface area contributed by atoms with Crippen molar-refractivity contribution in [3.8, 4) is 0 Å². The molecule has 0 atom stereocenters. The SMILES string of the molecule is CN(CCc1ccc(N)cc1)CC(=O)O. The Morgan fingerprint density at radius 1 is 1.40 bits per heavy atom. The van der Waals surface area contributed by atoms with Gasteiger partial charge in [0.15, 0.2) is 0 Å². The molecule has 1 rings (SSSR count). The molecule has 0 fully saturated rings. The molecule has 0 aliphatic rings. The molecule has 1 aromatic rings. The van der Waals surface area contributed by atoms with E-state index in [-0.39, 0.29) is 6.54 Å². The van der Waals surface area contributed by atoms with Crippen LogP contribution in [0.15, 0.2) is 24.3 Å². The van der Waals surface area contributed by atoms with Gasteiger partial charge < -0.3 is 10.8 Å². The Hall–Kier alpha value is -1.55. The van der Waals surface area contributed by atoms with Crippen LogP contribution in [0.25, 0.3) is 0 Å². The molecule has 82 valence electrons. The van der Waals surface area contributed by atoms with Gasteiger partial charge in [0, 0.05) is 12.2 Å². The minimum atomic E-state index is -0.796. The maximum absolute atomic E-state index is 10.4. The van der Waals surface area contributed by atoms with E-state index in [1.54, 1.807) is 11.9 Å². The Bertz CT molecular complexity index is 322. The Balaban J connectivity index is 2.36. The van der Waals surface area contributed by atoms with Crippen molar-refractivity contribution in [1.29, 1.82) is 0 Å². The third-order valence-electron chi connectivity index (χ3n) is 2.17. The molecule has 15 heavy (non-hydrogen) atoms. The number of hydrogen-bond acceptors (Lipinski definition) is 3. The highest BCUT2D eigenvalue weighted by Gasteiger charge is 2.03. The van der Waals surface area contributed by atoms with Crippen LogP contribution in [0.1, 0.15) is 5.56 Å². The number of nitrogen functional groups attached to an aromatic ring is 1. The first kappa shape index (κ1) is 11.5. The van der Waals surface area contributed by atoms with Gasteiger partial charge in [-0.1, -0.05) is 12.1 Å². The number of nitrogens with zero attached hydrogens (tertiary/aromatic N) is 1. The van der Waals surface area contributed by atoms with Gasteiger partial charge in [0.2, 0.25) is 0 Å². The van der Waals surface area contributed by atoms with Crippen LogP contribution in [-0.2, 0) is 11.2 Å². The monoisotopic (exact) mass is 208 g/mol. The molecule has 0 aliphatic heterocycles. The first-order chi connectivity index (χ1) is 7.08. The summed E-state index contributed by atoms with van der Waals surface area (Å²) < 4.78 is 0. The average Bonchev–Trinajstić information content (AvgIpc) is 2.16. The average molecular weight is 208 g/mol. The number of carbonyl (C=O) groups is 1. The highest BCUT2D eigenvalue weighted by atomic mass is 16.4. The second-order valence-electron chi connectivity index (χ2n) is 3.62. The molecule has 4 heteroatoms. The van der Waals surface area contributed by atoms with Crippen molar-refractivity contribution in [3.05, 3.63) is 29.8 Å². The molecule has 0 aliphatic carbocycles. The summed E-state index contributed by atoms with van der Waals surface area (Å²) in [6.07, 6.45) is 0.837. The molecule has 0 radical (unpaired) electrons. The van der Waals surface area contributed by atoms with Crippen molar-refractivity contribution in [2.45, 2.75) is 6.42 Å². The highest BCUT2D eigenvalue weighted by molar-refractivity contribution is 5.69. The van der Waals surface area contributed by atoms with E-state index < -0.39 is 5.97 Å². The van der Waals surface area contributed by atoms with E-state index in [2.05, 4.69) is 0 Å². The van der Waals surface area contributed by atoms with Crippen molar-refractivity contribution < 1.29 is 9.90 Å². The summed E-state index contributed by atoms with van der Waals surface area (Å²) in [6, 6.07) is 7.63. The number of nitrogens with two attached hydrogens (primary N) is 1. The van der Waals surface area contributed by atoms with Gasteiger partial charge in [-0.2, -0.15) is 0 Å². The lowest BCUT2D eigenvalue weighted by atomic mass is 10.1. The predicted molar refractivity (Wildman–Crippen MR) is 59.7 cm³/mol. The van der Waals surface area contributed by atoms with Crippen LogP contribution in [0.5, 0.6) is 0 Å². The van der Waals surface area contributed by atoms with Gasteiger partial charge in [-0.05, 0) is 31.2 Å². The topological polar surface area (TPSA) is 66.6 Å². The van der Waals surface area contributed by atoms with Crippen LogP contribution in [0.3, 0.4) is 0 Å². The molecule has 0 heterocycles. The lowest BCUT2D eigenvalue weighted by molar-refractivity contribution is -0.137. The second kappa shape index (κ2) is 5.36. The molecule has 3 N–H and O–H groups in total.